The highest BCUT2D eigenvalue weighted by molar-refractivity contribution is 5.97. The third-order valence-corrected chi connectivity index (χ3v) is 4.05. The van der Waals surface area contributed by atoms with Crippen molar-refractivity contribution in [1.82, 2.24) is 9.88 Å². The first-order valence-corrected chi connectivity index (χ1v) is 7.34. The fraction of sp³-hybridized carbons (Fsp3) is 0.294. The highest BCUT2D eigenvalue weighted by Gasteiger charge is 2.24. The van der Waals surface area contributed by atoms with E-state index in [2.05, 4.69) is 4.98 Å². The van der Waals surface area contributed by atoms with Crippen LogP contribution in [0.15, 0.2) is 35.3 Å². The molecule has 0 aliphatic carbocycles. The summed E-state index contributed by atoms with van der Waals surface area (Å²) in [6.45, 7) is 1.05. The van der Waals surface area contributed by atoms with Crippen LogP contribution in [0.1, 0.15) is 21.5 Å². The average Bonchev–Trinajstić information content (AvgIpc) is 2.60. The van der Waals surface area contributed by atoms with E-state index in [-0.39, 0.29) is 11.5 Å². The standard InChI is InChI=1S/C17H18N2O4/c1-22-13-3-4-14(15(8-13)23-2)17(21)19-6-5-11-7-16(20)18-9-12(11)10-19/h3-4,7-9H,5-6,10H2,1-2H3,(H,18,20). The highest BCUT2D eigenvalue weighted by Crippen LogP contribution is 2.27. The smallest absolute Gasteiger partial charge is 0.257 e. The minimum atomic E-state index is -0.111. The normalized spacial score (nSPS) is 13.4. The summed E-state index contributed by atoms with van der Waals surface area (Å²) >= 11 is 0. The van der Waals surface area contributed by atoms with Crippen molar-refractivity contribution < 1.29 is 14.3 Å². The lowest BCUT2D eigenvalue weighted by Gasteiger charge is -2.29. The molecule has 0 atom stereocenters. The maximum atomic E-state index is 12.8. The van der Waals surface area contributed by atoms with Crippen molar-refractivity contribution in [2.75, 3.05) is 20.8 Å². The van der Waals surface area contributed by atoms with E-state index in [4.69, 9.17) is 9.47 Å². The van der Waals surface area contributed by atoms with Crippen LogP contribution >= 0.6 is 0 Å². The van der Waals surface area contributed by atoms with Gasteiger partial charge in [-0.15, -0.1) is 0 Å². The van der Waals surface area contributed by atoms with Gasteiger partial charge in [-0.05, 0) is 29.7 Å². The molecule has 2 heterocycles. The number of H-pyrrole nitrogens is 1. The van der Waals surface area contributed by atoms with Crippen molar-refractivity contribution in [3.8, 4) is 11.5 Å². The lowest BCUT2D eigenvalue weighted by atomic mass is 10.0. The number of nitrogens with one attached hydrogen (secondary N) is 1. The third kappa shape index (κ3) is 2.92. The number of ether oxygens (including phenoxy) is 2. The quantitative estimate of drug-likeness (QED) is 0.934. The molecule has 0 saturated heterocycles. The minimum Gasteiger partial charge on any atom is -0.497 e. The number of pyridine rings is 1. The maximum Gasteiger partial charge on any atom is 0.257 e. The van der Waals surface area contributed by atoms with E-state index < -0.39 is 0 Å². The van der Waals surface area contributed by atoms with Crippen LogP contribution in [0.5, 0.6) is 11.5 Å². The number of aromatic amines is 1. The van der Waals surface area contributed by atoms with Gasteiger partial charge in [0.1, 0.15) is 11.5 Å². The Bertz CT molecular complexity index is 797. The lowest BCUT2D eigenvalue weighted by Crippen LogP contribution is -2.36. The number of carbonyl (C=O) groups is 1. The van der Waals surface area contributed by atoms with Gasteiger partial charge < -0.3 is 19.4 Å². The number of benzene rings is 1. The molecule has 6 nitrogen and oxygen atoms in total. The molecule has 0 radical (unpaired) electrons. The van der Waals surface area contributed by atoms with Gasteiger partial charge in [0.2, 0.25) is 5.56 Å². The van der Waals surface area contributed by atoms with Gasteiger partial charge in [-0.1, -0.05) is 0 Å². The van der Waals surface area contributed by atoms with E-state index in [1.807, 2.05) is 0 Å². The highest BCUT2D eigenvalue weighted by atomic mass is 16.5. The molecule has 120 valence electrons. The molecule has 1 aliphatic heterocycles. The van der Waals surface area contributed by atoms with Crippen LogP contribution in [0.2, 0.25) is 0 Å². The van der Waals surface area contributed by atoms with Crippen LogP contribution in [0.25, 0.3) is 0 Å². The van der Waals surface area contributed by atoms with E-state index in [9.17, 15) is 9.59 Å². The van der Waals surface area contributed by atoms with Crippen molar-refractivity contribution in [2.24, 2.45) is 0 Å². The molecule has 0 saturated carbocycles. The number of amides is 1. The molecule has 1 amide bonds. The summed E-state index contributed by atoms with van der Waals surface area (Å²) in [5.74, 6) is 1.03. The average molecular weight is 314 g/mol. The first kappa shape index (κ1) is 15.1. The van der Waals surface area contributed by atoms with Crippen molar-refractivity contribution in [2.45, 2.75) is 13.0 Å². The Morgan fingerprint density at radius 3 is 2.74 bits per heavy atom. The predicted molar refractivity (Wildman–Crippen MR) is 85.1 cm³/mol. The van der Waals surface area contributed by atoms with Crippen molar-refractivity contribution >= 4 is 5.91 Å². The van der Waals surface area contributed by atoms with E-state index >= 15 is 0 Å². The molecule has 0 unspecified atom stereocenters. The Morgan fingerprint density at radius 1 is 1.17 bits per heavy atom. The largest absolute Gasteiger partial charge is 0.497 e. The number of rotatable bonds is 3. The zero-order valence-electron chi connectivity index (χ0n) is 13.1. The zero-order chi connectivity index (χ0) is 16.4. The summed E-state index contributed by atoms with van der Waals surface area (Å²) in [4.78, 5) is 28.6. The van der Waals surface area contributed by atoms with Crippen LogP contribution in [-0.4, -0.2) is 36.6 Å². The fourth-order valence-corrected chi connectivity index (χ4v) is 2.78. The van der Waals surface area contributed by atoms with Crippen molar-refractivity contribution in [1.29, 1.82) is 0 Å². The Morgan fingerprint density at radius 2 is 2.00 bits per heavy atom. The second kappa shape index (κ2) is 6.16. The predicted octanol–water partition coefficient (Wildman–Crippen LogP) is 1.59. The van der Waals surface area contributed by atoms with Gasteiger partial charge >= 0.3 is 0 Å². The second-order valence-corrected chi connectivity index (χ2v) is 5.39. The fourth-order valence-electron chi connectivity index (χ4n) is 2.78. The summed E-state index contributed by atoms with van der Waals surface area (Å²) in [5.41, 5.74) is 2.36. The van der Waals surface area contributed by atoms with Gasteiger partial charge in [-0.3, -0.25) is 9.59 Å². The maximum absolute atomic E-state index is 12.8. The van der Waals surface area contributed by atoms with Gasteiger partial charge in [0.05, 0.1) is 19.8 Å². The molecular weight excluding hydrogens is 296 g/mol. The molecule has 2 aromatic rings. The lowest BCUT2D eigenvalue weighted by molar-refractivity contribution is 0.0731. The summed E-state index contributed by atoms with van der Waals surface area (Å²) in [6.07, 6.45) is 2.35. The number of nitrogens with zero attached hydrogens (tertiary/aromatic N) is 1. The van der Waals surface area contributed by atoms with Gasteiger partial charge in [0, 0.05) is 31.4 Å². The topological polar surface area (TPSA) is 71.6 Å². The number of hydrogen-bond acceptors (Lipinski definition) is 4. The third-order valence-electron chi connectivity index (χ3n) is 4.05. The number of carbonyl (C=O) groups excluding carboxylic acids is 1. The molecule has 1 N–H and O–H groups in total. The van der Waals surface area contributed by atoms with Crippen LogP contribution in [0.4, 0.5) is 0 Å². The van der Waals surface area contributed by atoms with Crippen molar-refractivity contribution in [3.05, 3.63) is 57.5 Å². The Labute approximate surface area is 133 Å². The molecule has 0 fully saturated rings. The first-order valence-electron chi connectivity index (χ1n) is 7.34. The SMILES string of the molecule is COc1ccc(C(=O)N2CCc3cc(=O)[nH]cc3C2)c(OC)c1. The summed E-state index contributed by atoms with van der Waals surface area (Å²) in [5, 5.41) is 0. The molecule has 3 rings (SSSR count). The second-order valence-electron chi connectivity index (χ2n) is 5.39. The van der Waals surface area contributed by atoms with Crippen LogP contribution in [0, 0.1) is 0 Å². The first-order chi connectivity index (χ1) is 11.1. The van der Waals surface area contributed by atoms with Crippen LogP contribution in [-0.2, 0) is 13.0 Å². The summed E-state index contributed by atoms with van der Waals surface area (Å²) in [7, 11) is 3.10. The number of aromatic nitrogens is 1. The van der Waals surface area contributed by atoms with E-state index in [0.717, 1.165) is 11.1 Å². The van der Waals surface area contributed by atoms with Gasteiger partial charge in [0.25, 0.3) is 5.91 Å². The summed E-state index contributed by atoms with van der Waals surface area (Å²) < 4.78 is 10.5. The van der Waals surface area contributed by atoms with E-state index in [1.54, 1.807) is 42.5 Å². The van der Waals surface area contributed by atoms with Gasteiger partial charge in [0.15, 0.2) is 0 Å². The molecule has 1 aliphatic rings. The zero-order valence-corrected chi connectivity index (χ0v) is 13.1. The van der Waals surface area contributed by atoms with E-state index in [0.29, 0.717) is 36.6 Å². The van der Waals surface area contributed by atoms with Crippen molar-refractivity contribution in [3.63, 3.8) is 0 Å². The Kier molecular flexibility index (Phi) is 4.06. The molecule has 23 heavy (non-hydrogen) atoms. The molecule has 0 bridgehead atoms. The minimum absolute atomic E-state index is 0.0960. The molecular formula is C17H18N2O4. The Balaban J connectivity index is 1.87. The molecule has 1 aromatic heterocycles. The van der Waals surface area contributed by atoms with E-state index in [1.165, 1.54) is 7.11 Å². The number of hydrogen-bond donors (Lipinski definition) is 1. The van der Waals surface area contributed by atoms with Gasteiger partial charge in [-0.25, -0.2) is 0 Å². The molecule has 0 spiro atoms. The Hall–Kier alpha value is -2.76. The summed E-state index contributed by atoms with van der Waals surface area (Å²) in [6, 6.07) is 6.75. The number of methoxy groups -OCH3 is 2. The van der Waals surface area contributed by atoms with Gasteiger partial charge in [-0.2, -0.15) is 0 Å². The molecule has 6 heteroatoms. The monoisotopic (exact) mass is 314 g/mol. The van der Waals surface area contributed by atoms with Crippen LogP contribution < -0.4 is 15.0 Å². The molecule has 1 aromatic carbocycles. The number of fused-ring (bicyclic) bond motifs is 1. The van der Waals surface area contributed by atoms with Crippen LogP contribution in [0.3, 0.4) is 0 Å².